The second kappa shape index (κ2) is 5.88. The number of primary amides is 1. The summed E-state index contributed by atoms with van der Waals surface area (Å²) in [6.07, 6.45) is 2.00. The van der Waals surface area contributed by atoms with Crippen LogP contribution >= 0.6 is 11.3 Å². The van der Waals surface area contributed by atoms with Gasteiger partial charge in [0.2, 0.25) is 5.91 Å². The lowest BCUT2D eigenvalue weighted by molar-refractivity contribution is -0.120. The zero-order chi connectivity index (χ0) is 11.3. The van der Waals surface area contributed by atoms with E-state index in [-0.39, 0.29) is 11.9 Å². The first kappa shape index (κ1) is 12.2. The van der Waals surface area contributed by atoms with Crippen molar-refractivity contribution in [3.05, 3.63) is 21.9 Å². The number of rotatable bonds is 6. The molecule has 3 nitrogen and oxygen atoms in total. The molecule has 0 aliphatic carbocycles. The van der Waals surface area contributed by atoms with Gasteiger partial charge in [-0.1, -0.05) is 13.8 Å². The molecule has 0 spiro atoms. The largest absolute Gasteiger partial charge is 0.368 e. The molecule has 0 fully saturated rings. The Labute approximate surface area is 94.7 Å². The number of thiophene rings is 1. The van der Waals surface area contributed by atoms with Crippen molar-refractivity contribution in [3.8, 4) is 0 Å². The van der Waals surface area contributed by atoms with Gasteiger partial charge in [0, 0.05) is 9.75 Å². The lowest BCUT2D eigenvalue weighted by Crippen LogP contribution is -2.33. The fraction of sp³-hybridized carbons (Fsp3) is 0.545. The molecule has 4 heteroatoms. The van der Waals surface area contributed by atoms with Crippen molar-refractivity contribution >= 4 is 17.2 Å². The average molecular weight is 226 g/mol. The first-order chi connectivity index (χ1) is 7.19. The van der Waals surface area contributed by atoms with Crippen molar-refractivity contribution in [2.75, 3.05) is 6.54 Å². The minimum atomic E-state index is -0.324. The molecule has 1 aromatic heterocycles. The third-order valence-corrected chi connectivity index (χ3v) is 3.49. The molecule has 3 N–H and O–H groups in total. The van der Waals surface area contributed by atoms with Crippen LogP contribution in [0.25, 0.3) is 0 Å². The maximum atomic E-state index is 11.3. The Morgan fingerprint density at radius 3 is 2.73 bits per heavy atom. The van der Waals surface area contributed by atoms with E-state index in [9.17, 15) is 4.79 Å². The first-order valence-corrected chi connectivity index (χ1v) is 6.12. The van der Waals surface area contributed by atoms with Crippen LogP contribution in [0, 0.1) is 0 Å². The van der Waals surface area contributed by atoms with Crippen molar-refractivity contribution in [1.29, 1.82) is 0 Å². The maximum Gasteiger partial charge on any atom is 0.239 e. The van der Waals surface area contributed by atoms with Gasteiger partial charge in [0.15, 0.2) is 0 Å². The minimum absolute atomic E-state index is 0.298. The molecule has 1 heterocycles. The van der Waals surface area contributed by atoms with Gasteiger partial charge in [-0.15, -0.1) is 11.3 Å². The van der Waals surface area contributed by atoms with Crippen LogP contribution in [0.5, 0.6) is 0 Å². The smallest absolute Gasteiger partial charge is 0.239 e. The molecule has 0 bridgehead atoms. The first-order valence-electron chi connectivity index (χ1n) is 5.30. The standard InChI is InChI=1S/C11H18N2OS/c1-3-7-13-10(11(12)14)9-6-5-8(4-2)15-9/h5-6,10,13H,3-4,7H2,1-2H3,(H2,12,14). The summed E-state index contributed by atoms with van der Waals surface area (Å²) in [5.74, 6) is -0.298. The van der Waals surface area contributed by atoms with E-state index >= 15 is 0 Å². The number of nitrogens with one attached hydrogen (secondary N) is 1. The fourth-order valence-corrected chi connectivity index (χ4v) is 2.41. The zero-order valence-electron chi connectivity index (χ0n) is 9.25. The van der Waals surface area contributed by atoms with Crippen molar-refractivity contribution < 1.29 is 4.79 Å². The summed E-state index contributed by atoms with van der Waals surface area (Å²) in [5, 5.41) is 3.16. The maximum absolute atomic E-state index is 11.3. The van der Waals surface area contributed by atoms with E-state index in [2.05, 4.69) is 25.2 Å². The molecule has 15 heavy (non-hydrogen) atoms. The van der Waals surface area contributed by atoms with Gasteiger partial charge in [-0.05, 0) is 31.5 Å². The van der Waals surface area contributed by atoms with Crippen LogP contribution in [0.2, 0.25) is 0 Å². The third kappa shape index (κ3) is 3.32. The molecule has 0 saturated carbocycles. The molecular formula is C11H18N2OS. The summed E-state index contributed by atoms with van der Waals surface area (Å²) in [5.41, 5.74) is 5.37. The number of amides is 1. The topological polar surface area (TPSA) is 55.1 Å². The molecule has 0 aliphatic rings. The molecule has 0 aliphatic heterocycles. The quantitative estimate of drug-likeness (QED) is 0.777. The summed E-state index contributed by atoms with van der Waals surface area (Å²) < 4.78 is 0. The van der Waals surface area contributed by atoms with Crippen LogP contribution in [0.1, 0.15) is 36.1 Å². The van der Waals surface area contributed by atoms with Gasteiger partial charge in [0.25, 0.3) is 0 Å². The van der Waals surface area contributed by atoms with E-state index in [1.54, 1.807) is 11.3 Å². The Bertz CT molecular complexity index is 322. The van der Waals surface area contributed by atoms with Crippen LogP contribution in [0.4, 0.5) is 0 Å². The van der Waals surface area contributed by atoms with Crippen molar-refractivity contribution in [3.63, 3.8) is 0 Å². The lowest BCUT2D eigenvalue weighted by atomic mass is 10.2. The van der Waals surface area contributed by atoms with Crippen LogP contribution in [0.15, 0.2) is 12.1 Å². The third-order valence-electron chi connectivity index (χ3n) is 2.20. The molecule has 0 aromatic carbocycles. The van der Waals surface area contributed by atoms with Crippen LogP contribution in [0.3, 0.4) is 0 Å². The van der Waals surface area contributed by atoms with Gasteiger partial charge in [0.05, 0.1) is 0 Å². The SMILES string of the molecule is CCCNC(C(N)=O)c1ccc(CC)s1. The molecule has 84 valence electrons. The van der Waals surface area contributed by atoms with E-state index in [4.69, 9.17) is 5.73 Å². The molecule has 1 unspecified atom stereocenters. The van der Waals surface area contributed by atoms with E-state index < -0.39 is 0 Å². The Hall–Kier alpha value is -0.870. The van der Waals surface area contributed by atoms with Gasteiger partial charge in [-0.3, -0.25) is 4.79 Å². The molecule has 0 radical (unpaired) electrons. The number of carbonyl (C=O) groups is 1. The molecule has 0 saturated heterocycles. The number of hydrogen-bond donors (Lipinski definition) is 2. The Morgan fingerprint density at radius 1 is 1.53 bits per heavy atom. The van der Waals surface area contributed by atoms with Crippen molar-refractivity contribution in [2.45, 2.75) is 32.7 Å². The Morgan fingerprint density at radius 2 is 2.27 bits per heavy atom. The van der Waals surface area contributed by atoms with Crippen LogP contribution < -0.4 is 11.1 Å². The summed E-state index contributed by atoms with van der Waals surface area (Å²) >= 11 is 1.66. The van der Waals surface area contributed by atoms with Gasteiger partial charge < -0.3 is 11.1 Å². The highest BCUT2D eigenvalue weighted by Gasteiger charge is 2.18. The normalized spacial score (nSPS) is 12.7. The highest BCUT2D eigenvalue weighted by molar-refractivity contribution is 7.12. The van der Waals surface area contributed by atoms with E-state index in [0.717, 1.165) is 24.3 Å². The van der Waals surface area contributed by atoms with Crippen LogP contribution in [-0.2, 0) is 11.2 Å². The van der Waals surface area contributed by atoms with Crippen LogP contribution in [-0.4, -0.2) is 12.5 Å². The molecule has 1 amide bonds. The molecule has 1 rings (SSSR count). The predicted molar refractivity (Wildman–Crippen MR) is 63.9 cm³/mol. The summed E-state index contributed by atoms with van der Waals surface area (Å²) in [7, 11) is 0. The Kier molecular flexibility index (Phi) is 4.78. The zero-order valence-corrected chi connectivity index (χ0v) is 10.1. The fourth-order valence-electron chi connectivity index (χ4n) is 1.37. The predicted octanol–water partition coefficient (Wildman–Crippen LogP) is 1.84. The van der Waals surface area contributed by atoms with Crippen molar-refractivity contribution in [1.82, 2.24) is 5.32 Å². The van der Waals surface area contributed by atoms with Crippen molar-refractivity contribution in [2.24, 2.45) is 5.73 Å². The van der Waals surface area contributed by atoms with Gasteiger partial charge in [-0.2, -0.15) is 0 Å². The monoisotopic (exact) mass is 226 g/mol. The average Bonchev–Trinajstić information content (AvgIpc) is 2.66. The molecular weight excluding hydrogens is 208 g/mol. The molecule has 1 atom stereocenters. The van der Waals surface area contributed by atoms with E-state index in [0.29, 0.717) is 0 Å². The highest BCUT2D eigenvalue weighted by atomic mass is 32.1. The van der Waals surface area contributed by atoms with Gasteiger partial charge >= 0.3 is 0 Å². The van der Waals surface area contributed by atoms with Gasteiger partial charge in [0.1, 0.15) is 6.04 Å². The summed E-state index contributed by atoms with van der Waals surface area (Å²) in [6, 6.07) is 3.72. The minimum Gasteiger partial charge on any atom is -0.368 e. The van der Waals surface area contributed by atoms with Gasteiger partial charge in [-0.25, -0.2) is 0 Å². The van der Waals surface area contributed by atoms with E-state index in [1.165, 1.54) is 4.88 Å². The number of hydrogen-bond acceptors (Lipinski definition) is 3. The summed E-state index contributed by atoms with van der Waals surface area (Å²) in [6.45, 7) is 4.98. The number of carbonyl (C=O) groups excluding carboxylic acids is 1. The summed E-state index contributed by atoms with van der Waals surface area (Å²) in [4.78, 5) is 13.6. The lowest BCUT2D eigenvalue weighted by Gasteiger charge is -2.12. The second-order valence-corrected chi connectivity index (χ2v) is 4.65. The number of nitrogens with two attached hydrogens (primary N) is 1. The van der Waals surface area contributed by atoms with E-state index in [1.807, 2.05) is 6.07 Å². The highest BCUT2D eigenvalue weighted by Crippen LogP contribution is 2.23. The number of aryl methyl sites for hydroxylation is 1. The second-order valence-electron chi connectivity index (χ2n) is 3.45. The molecule has 1 aromatic rings. The Balaban J connectivity index is 2.74.